The van der Waals surface area contributed by atoms with Crippen LogP contribution in [-0.2, 0) is 28.7 Å². The van der Waals surface area contributed by atoms with Gasteiger partial charge in [0, 0.05) is 36.5 Å². The zero-order chi connectivity index (χ0) is 21.2. The van der Waals surface area contributed by atoms with Gasteiger partial charge in [-0.2, -0.15) is 13.2 Å². The third-order valence-electron chi connectivity index (χ3n) is 4.44. The van der Waals surface area contributed by atoms with Gasteiger partial charge in [0.15, 0.2) is 5.82 Å². The van der Waals surface area contributed by atoms with Crippen molar-refractivity contribution in [3.63, 3.8) is 0 Å². The molecule has 3 aromatic rings. The first-order valence-corrected chi connectivity index (χ1v) is 8.51. The number of benzene rings is 1. The molecule has 0 radical (unpaired) electrons. The van der Waals surface area contributed by atoms with Crippen LogP contribution < -0.4 is 10.9 Å². The van der Waals surface area contributed by atoms with E-state index in [0.29, 0.717) is 5.56 Å². The lowest BCUT2D eigenvalue weighted by Crippen LogP contribution is -2.50. The van der Waals surface area contributed by atoms with Crippen LogP contribution in [0.1, 0.15) is 17.8 Å². The molecule has 154 valence electrons. The van der Waals surface area contributed by atoms with E-state index in [1.165, 1.54) is 13.2 Å². The first kappa shape index (κ1) is 20.4. The molecule has 4 N–H and O–H groups in total. The van der Waals surface area contributed by atoms with E-state index in [1.807, 2.05) is 23.6 Å². The number of imidazole rings is 1. The van der Waals surface area contributed by atoms with E-state index in [4.69, 9.17) is 0 Å². The number of alkyl halides is 3. The molecule has 29 heavy (non-hydrogen) atoms. The summed E-state index contributed by atoms with van der Waals surface area (Å²) in [5.41, 5.74) is 1.95. The highest BCUT2D eigenvalue weighted by Crippen LogP contribution is 2.40. The molecule has 0 spiro atoms. The fourth-order valence-electron chi connectivity index (χ4n) is 2.98. The van der Waals surface area contributed by atoms with Crippen LogP contribution in [0, 0.1) is 0 Å². The van der Waals surface area contributed by atoms with Gasteiger partial charge in [-0.05, 0) is 11.6 Å². The largest absolute Gasteiger partial charge is 0.425 e. The van der Waals surface area contributed by atoms with E-state index < -0.39 is 35.8 Å². The van der Waals surface area contributed by atoms with Crippen molar-refractivity contribution in [1.82, 2.24) is 25.4 Å². The average Bonchev–Trinajstić information content (AvgIpc) is 3.26. The molecular weight excluding hydrogens is 391 g/mol. The summed E-state index contributed by atoms with van der Waals surface area (Å²) in [6.45, 7) is 0. The maximum Gasteiger partial charge on any atom is 0.425 e. The summed E-state index contributed by atoms with van der Waals surface area (Å²) in [6.07, 6.45) is -2.70. The number of nitrogens with one attached hydrogen (secondary N) is 3. The van der Waals surface area contributed by atoms with Gasteiger partial charge in [0.05, 0.1) is 12.8 Å². The summed E-state index contributed by atoms with van der Waals surface area (Å²) in [4.78, 5) is 30.6. The summed E-state index contributed by atoms with van der Waals surface area (Å²) >= 11 is 0. The number of fused-ring (bicyclic) bond motifs is 1. The van der Waals surface area contributed by atoms with Gasteiger partial charge in [0.1, 0.15) is 0 Å². The number of carbonyl (C=O) groups is 2. The number of carbonyl (C=O) groups excluding carboxylic acids is 2. The fourth-order valence-corrected chi connectivity index (χ4v) is 2.98. The number of para-hydroxylation sites is 1. The molecule has 2 heterocycles. The Morgan fingerprint density at radius 2 is 1.90 bits per heavy atom. The topological polar surface area (TPSA) is 112 Å². The molecule has 1 atom stereocenters. The zero-order valence-corrected chi connectivity index (χ0v) is 15.2. The number of aromatic amines is 1. The van der Waals surface area contributed by atoms with Crippen LogP contribution in [0.3, 0.4) is 0 Å². The minimum absolute atomic E-state index is 0.104. The Hall–Kier alpha value is -3.34. The van der Waals surface area contributed by atoms with Crippen molar-refractivity contribution in [1.29, 1.82) is 0 Å². The van der Waals surface area contributed by atoms with Crippen molar-refractivity contribution in [2.45, 2.75) is 24.6 Å². The third-order valence-corrected chi connectivity index (χ3v) is 4.44. The van der Waals surface area contributed by atoms with Crippen LogP contribution in [0.4, 0.5) is 13.2 Å². The number of amides is 2. The first-order chi connectivity index (χ1) is 13.6. The minimum Gasteiger partial charge on any atom is -0.374 e. The molecule has 0 bridgehead atoms. The van der Waals surface area contributed by atoms with Gasteiger partial charge in [-0.25, -0.2) is 4.98 Å². The number of hydrogen-bond acceptors (Lipinski definition) is 4. The summed E-state index contributed by atoms with van der Waals surface area (Å²) in [6, 6.07) is 7.26. The fraction of sp³-hybridized carbons (Fsp3) is 0.278. The Balaban J connectivity index is 1.63. The van der Waals surface area contributed by atoms with E-state index in [9.17, 15) is 27.9 Å². The van der Waals surface area contributed by atoms with Gasteiger partial charge in [-0.1, -0.05) is 18.2 Å². The van der Waals surface area contributed by atoms with Gasteiger partial charge in [0.2, 0.25) is 17.4 Å². The predicted molar refractivity (Wildman–Crippen MR) is 96.1 cm³/mol. The predicted octanol–water partition coefficient (Wildman–Crippen LogP) is 1.43. The van der Waals surface area contributed by atoms with Crippen LogP contribution in [-0.4, -0.2) is 37.6 Å². The molecule has 0 fully saturated rings. The van der Waals surface area contributed by atoms with Crippen molar-refractivity contribution in [3.05, 3.63) is 54.2 Å². The SMILES string of the molecule is Cn1ccnc1C(O)(CC(=O)NNC(=O)Cc1c[nH]c2ccccc12)C(F)(F)F. The number of hydrazine groups is 1. The van der Waals surface area contributed by atoms with Crippen LogP contribution in [0.15, 0.2) is 42.9 Å². The van der Waals surface area contributed by atoms with Crippen LogP contribution in [0.2, 0.25) is 0 Å². The summed E-state index contributed by atoms with van der Waals surface area (Å²) in [5.74, 6) is -2.58. The summed E-state index contributed by atoms with van der Waals surface area (Å²) in [5, 5.41) is 11.0. The number of H-pyrrole nitrogens is 1. The smallest absolute Gasteiger partial charge is 0.374 e. The zero-order valence-electron chi connectivity index (χ0n) is 15.2. The number of nitrogens with zero attached hydrogens (tertiary/aromatic N) is 2. The highest BCUT2D eigenvalue weighted by Gasteiger charge is 2.58. The monoisotopic (exact) mass is 409 g/mol. The maximum absolute atomic E-state index is 13.4. The second kappa shape index (κ2) is 7.59. The number of aryl methyl sites for hydroxylation is 1. The van der Waals surface area contributed by atoms with Gasteiger partial charge < -0.3 is 14.7 Å². The van der Waals surface area contributed by atoms with Crippen LogP contribution >= 0.6 is 0 Å². The van der Waals surface area contributed by atoms with Crippen molar-refractivity contribution in [2.75, 3.05) is 0 Å². The first-order valence-electron chi connectivity index (χ1n) is 8.51. The molecular formula is C18H18F3N5O3. The number of aromatic nitrogens is 3. The Labute approximate surface area is 162 Å². The van der Waals surface area contributed by atoms with Crippen LogP contribution in [0.5, 0.6) is 0 Å². The lowest BCUT2D eigenvalue weighted by Gasteiger charge is -2.29. The number of hydrogen-bond donors (Lipinski definition) is 4. The minimum atomic E-state index is -5.16. The molecule has 0 aliphatic heterocycles. The van der Waals surface area contributed by atoms with E-state index in [0.717, 1.165) is 21.7 Å². The lowest BCUT2D eigenvalue weighted by molar-refractivity contribution is -0.271. The Morgan fingerprint density at radius 3 is 2.55 bits per heavy atom. The average molecular weight is 409 g/mol. The molecule has 2 amide bonds. The molecule has 8 nitrogen and oxygen atoms in total. The van der Waals surface area contributed by atoms with Crippen molar-refractivity contribution in [2.24, 2.45) is 7.05 Å². The molecule has 0 saturated carbocycles. The van der Waals surface area contributed by atoms with Crippen LogP contribution in [0.25, 0.3) is 10.9 Å². The van der Waals surface area contributed by atoms with E-state index in [-0.39, 0.29) is 6.42 Å². The quantitative estimate of drug-likeness (QED) is 0.478. The summed E-state index contributed by atoms with van der Waals surface area (Å²) < 4.78 is 41.3. The van der Waals surface area contributed by atoms with Gasteiger partial charge in [-0.3, -0.25) is 20.4 Å². The normalized spacial score (nSPS) is 13.8. The molecule has 2 aromatic heterocycles. The standard InChI is InChI=1S/C18H18F3N5O3/c1-26-7-6-22-16(26)17(29,18(19,20)21)9-15(28)25-24-14(27)8-11-10-23-13-5-3-2-4-12(11)13/h2-7,10,23,29H,8-9H2,1H3,(H,24,27)(H,25,28). The molecule has 0 aliphatic carbocycles. The molecule has 3 rings (SSSR count). The van der Waals surface area contributed by atoms with Gasteiger partial charge in [-0.15, -0.1) is 0 Å². The van der Waals surface area contributed by atoms with Gasteiger partial charge >= 0.3 is 6.18 Å². The summed E-state index contributed by atoms with van der Waals surface area (Å²) in [7, 11) is 1.26. The van der Waals surface area contributed by atoms with E-state index >= 15 is 0 Å². The Morgan fingerprint density at radius 1 is 1.21 bits per heavy atom. The molecule has 1 aromatic carbocycles. The molecule has 0 saturated heterocycles. The molecule has 0 aliphatic rings. The lowest BCUT2D eigenvalue weighted by atomic mass is 9.97. The third kappa shape index (κ3) is 4.09. The van der Waals surface area contributed by atoms with E-state index in [1.54, 1.807) is 12.3 Å². The molecule has 1 unspecified atom stereocenters. The van der Waals surface area contributed by atoms with Crippen molar-refractivity contribution in [3.8, 4) is 0 Å². The van der Waals surface area contributed by atoms with E-state index in [2.05, 4.69) is 15.4 Å². The highest BCUT2D eigenvalue weighted by molar-refractivity contribution is 5.89. The van der Waals surface area contributed by atoms with Crippen molar-refractivity contribution < 1.29 is 27.9 Å². The molecule has 11 heteroatoms. The number of rotatable bonds is 5. The maximum atomic E-state index is 13.4. The Kier molecular flexibility index (Phi) is 5.33. The van der Waals surface area contributed by atoms with Gasteiger partial charge in [0.25, 0.3) is 0 Å². The second-order valence-electron chi connectivity index (χ2n) is 6.53. The number of halogens is 3. The van der Waals surface area contributed by atoms with Crippen molar-refractivity contribution >= 4 is 22.7 Å². The Bertz CT molecular complexity index is 1040. The second-order valence-corrected chi connectivity index (χ2v) is 6.53. The number of aliphatic hydroxyl groups is 1. The highest BCUT2D eigenvalue weighted by atomic mass is 19.4.